The first-order valence-electron chi connectivity index (χ1n) is 23.7. The van der Waals surface area contributed by atoms with Gasteiger partial charge in [0.25, 0.3) is 0 Å². The molecule has 0 atom stereocenters. The van der Waals surface area contributed by atoms with Crippen LogP contribution < -0.4 is 29.6 Å². The first kappa shape index (κ1) is 51.1. The molecule has 2 amide bonds. The highest BCUT2D eigenvalue weighted by Gasteiger charge is 2.18. The van der Waals surface area contributed by atoms with E-state index in [0.717, 1.165) is 107 Å². The molecule has 5 aromatic rings. The third kappa shape index (κ3) is 18.4. The van der Waals surface area contributed by atoms with Crippen LogP contribution in [0, 0.1) is 0 Å². The molecule has 2 N–H and O–H groups in total. The summed E-state index contributed by atoms with van der Waals surface area (Å²) >= 11 is 0. The summed E-state index contributed by atoms with van der Waals surface area (Å²) in [5.74, 6) is 2.75. The second-order valence-corrected chi connectivity index (χ2v) is 17.0. The number of likely N-dealkylation sites (N-methyl/N-ethyl adjacent to an activating group) is 1. The molecule has 14 nitrogen and oxygen atoms in total. The van der Waals surface area contributed by atoms with Crippen LogP contribution in [0.3, 0.4) is 0 Å². The molecule has 0 bridgehead atoms. The predicted molar refractivity (Wildman–Crippen MR) is 265 cm³/mol. The van der Waals surface area contributed by atoms with Gasteiger partial charge in [-0.3, -0.25) is 4.90 Å². The maximum atomic E-state index is 12.1. The fourth-order valence-electron chi connectivity index (χ4n) is 7.81. The number of amides is 2. The van der Waals surface area contributed by atoms with E-state index in [1.165, 1.54) is 5.56 Å². The van der Waals surface area contributed by atoms with Crippen LogP contribution in [0.4, 0.5) is 9.59 Å². The molecule has 2 saturated heterocycles. The second-order valence-electron chi connectivity index (χ2n) is 17.0. The topological polar surface area (TPSA) is 127 Å². The molecule has 7 rings (SSSR count). The van der Waals surface area contributed by atoms with Gasteiger partial charge in [-0.25, -0.2) is 9.59 Å². The standard InChI is InChI=1S/C30H37N3O4.C24H33N3O4/c1-35-28-14-13-27(22-31-30(34)37-24-26-11-6-3-7-12-26)21-29(28)36-20-8-15-32-16-18-33(19-17-32)23-25-9-4-2-5-10-25;1-26-12-14-27(15-13-26)11-6-16-30-23-17-21(9-10-22(23)29-2)18-25-24(28)31-19-20-7-4-3-5-8-20/h2-7,9-14,21H,8,15-20,22-24H2,1H3,(H,31,34);3-5,7-10,17H,6,11-16,18-19H2,1-2H3,(H,25,28). The maximum absolute atomic E-state index is 12.1. The van der Waals surface area contributed by atoms with E-state index >= 15 is 0 Å². The Hall–Kier alpha value is -6.32. The molecule has 364 valence electrons. The molecular formula is C54H70N6O8. The molecular weight excluding hydrogens is 861 g/mol. The number of hydrogen-bond acceptors (Lipinski definition) is 12. The Kier molecular flexibility index (Phi) is 21.6. The van der Waals surface area contributed by atoms with Gasteiger partial charge in [0, 0.05) is 85.1 Å². The number of hydrogen-bond donors (Lipinski definition) is 2. The number of carbonyl (C=O) groups is 2. The lowest BCUT2D eigenvalue weighted by Crippen LogP contribution is -2.46. The van der Waals surface area contributed by atoms with Crippen molar-refractivity contribution in [3.05, 3.63) is 155 Å². The van der Waals surface area contributed by atoms with E-state index in [0.29, 0.717) is 49.3 Å². The average Bonchev–Trinajstić information content (AvgIpc) is 3.38. The third-order valence-corrected chi connectivity index (χ3v) is 11.8. The van der Waals surface area contributed by atoms with E-state index in [1.807, 2.05) is 97.1 Å². The SMILES string of the molecule is COc1ccc(CNC(=O)OCc2ccccc2)cc1OCCCN1CCN(C)CC1.COc1ccc(CNC(=O)OCc2ccccc2)cc1OCCCN1CCN(Cc2ccccc2)CC1. The first-order valence-corrected chi connectivity index (χ1v) is 23.7. The fraction of sp³-hybridized carbons (Fsp3) is 0.407. The van der Waals surface area contributed by atoms with Crippen LogP contribution in [0.5, 0.6) is 23.0 Å². The van der Waals surface area contributed by atoms with Crippen LogP contribution in [-0.2, 0) is 42.3 Å². The fourth-order valence-corrected chi connectivity index (χ4v) is 7.81. The van der Waals surface area contributed by atoms with Crippen molar-refractivity contribution in [1.29, 1.82) is 0 Å². The predicted octanol–water partition coefficient (Wildman–Crippen LogP) is 7.85. The number of benzene rings is 5. The van der Waals surface area contributed by atoms with Gasteiger partial charge in [0.1, 0.15) is 13.2 Å². The van der Waals surface area contributed by atoms with E-state index in [4.69, 9.17) is 28.4 Å². The van der Waals surface area contributed by atoms with E-state index < -0.39 is 12.2 Å². The van der Waals surface area contributed by atoms with Crippen LogP contribution in [-0.4, -0.2) is 132 Å². The van der Waals surface area contributed by atoms with Crippen molar-refractivity contribution in [1.82, 2.24) is 30.2 Å². The molecule has 14 heteroatoms. The number of piperazine rings is 2. The summed E-state index contributed by atoms with van der Waals surface area (Å²) in [6, 6.07) is 41.3. The smallest absolute Gasteiger partial charge is 0.407 e. The van der Waals surface area contributed by atoms with Gasteiger partial charge in [0.15, 0.2) is 23.0 Å². The zero-order valence-electron chi connectivity index (χ0n) is 40.1. The lowest BCUT2D eigenvalue weighted by molar-refractivity contribution is 0.121. The van der Waals surface area contributed by atoms with Crippen molar-refractivity contribution in [3.8, 4) is 23.0 Å². The second kappa shape index (κ2) is 28.8. The molecule has 0 radical (unpaired) electrons. The van der Waals surface area contributed by atoms with E-state index in [1.54, 1.807) is 14.2 Å². The van der Waals surface area contributed by atoms with Crippen molar-refractivity contribution >= 4 is 12.2 Å². The number of alkyl carbamates (subject to hydrolysis) is 2. The van der Waals surface area contributed by atoms with Gasteiger partial charge in [0.05, 0.1) is 27.4 Å². The molecule has 68 heavy (non-hydrogen) atoms. The van der Waals surface area contributed by atoms with E-state index in [-0.39, 0.29) is 13.2 Å². The Bertz CT molecular complexity index is 2200. The summed E-state index contributed by atoms with van der Waals surface area (Å²) in [4.78, 5) is 33.9. The van der Waals surface area contributed by atoms with Crippen LogP contribution in [0.25, 0.3) is 0 Å². The van der Waals surface area contributed by atoms with Gasteiger partial charge in [-0.05, 0) is 72.0 Å². The highest BCUT2D eigenvalue weighted by atomic mass is 16.6. The molecule has 2 fully saturated rings. The Balaban J connectivity index is 0.000000228. The van der Waals surface area contributed by atoms with Crippen LogP contribution >= 0.6 is 0 Å². The Morgan fingerprint density at radius 1 is 0.471 bits per heavy atom. The largest absolute Gasteiger partial charge is 0.493 e. The van der Waals surface area contributed by atoms with Gasteiger partial charge in [0.2, 0.25) is 0 Å². The normalized spacial score (nSPS) is 14.5. The van der Waals surface area contributed by atoms with Gasteiger partial charge in [-0.2, -0.15) is 0 Å². The Morgan fingerprint density at radius 2 is 0.868 bits per heavy atom. The minimum Gasteiger partial charge on any atom is -0.493 e. The highest BCUT2D eigenvalue weighted by molar-refractivity contribution is 5.67. The monoisotopic (exact) mass is 931 g/mol. The van der Waals surface area contributed by atoms with Crippen molar-refractivity contribution in [3.63, 3.8) is 0 Å². The molecule has 2 heterocycles. The summed E-state index contributed by atoms with van der Waals surface area (Å²) < 4.78 is 33.5. The molecule has 5 aromatic carbocycles. The molecule has 0 aliphatic carbocycles. The zero-order valence-corrected chi connectivity index (χ0v) is 40.1. The number of rotatable bonds is 22. The zero-order chi connectivity index (χ0) is 47.6. The molecule has 0 saturated carbocycles. The summed E-state index contributed by atoms with van der Waals surface area (Å²) in [6.45, 7) is 14.3. The van der Waals surface area contributed by atoms with Crippen molar-refractivity contribution in [2.45, 2.75) is 45.7 Å². The first-order chi connectivity index (χ1) is 33.3. The third-order valence-electron chi connectivity index (χ3n) is 11.8. The van der Waals surface area contributed by atoms with E-state index in [9.17, 15) is 9.59 Å². The molecule has 0 spiro atoms. The van der Waals surface area contributed by atoms with Gasteiger partial charge in [-0.15, -0.1) is 0 Å². The highest BCUT2D eigenvalue weighted by Crippen LogP contribution is 2.29. The van der Waals surface area contributed by atoms with Gasteiger partial charge >= 0.3 is 12.2 Å². The quantitative estimate of drug-likeness (QED) is 0.0657. The van der Waals surface area contributed by atoms with Gasteiger partial charge < -0.3 is 53.8 Å². The summed E-state index contributed by atoms with van der Waals surface area (Å²) in [5.41, 5.74) is 5.12. The minimum absolute atomic E-state index is 0.242. The lowest BCUT2D eigenvalue weighted by atomic mass is 10.2. The number of nitrogens with zero attached hydrogens (tertiary/aromatic N) is 4. The Labute approximate surface area is 403 Å². The lowest BCUT2D eigenvalue weighted by Gasteiger charge is -2.34. The molecule has 2 aliphatic rings. The van der Waals surface area contributed by atoms with Gasteiger partial charge in [-0.1, -0.05) is 103 Å². The Morgan fingerprint density at radius 3 is 1.29 bits per heavy atom. The minimum atomic E-state index is -0.453. The molecule has 0 unspecified atom stereocenters. The number of nitrogens with one attached hydrogen (secondary N) is 2. The summed E-state index contributed by atoms with van der Waals surface area (Å²) in [6.07, 6.45) is 0.998. The average molecular weight is 931 g/mol. The van der Waals surface area contributed by atoms with Crippen LogP contribution in [0.15, 0.2) is 127 Å². The van der Waals surface area contributed by atoms with E-state index in [2.05, 4.69) is 67.6 Å². The molecule has 2 aliphatic heterocycles. The van der Waals surface area contributed by atoms with Crippen LogP contribution in [0.2, 0.25) is 0 Å². The van der Waals surface area contributed by atoms with Crippen molar-refractivity contribution in [2.75, 3.05) is 99.9 Å². The van der Waals surface area contributed by atoms with Crippen molar-refractivity contribution < 1.29 is 38.0 Å². The summed E-state index contributed by atoms with van der Waals surface area (Å²) in [7, 11) is 5.43. The molecule has 0 aromatic heterocycles. The van der Waals surface area contributed by atoms with Crippen molar-refractivity contribution in [2.24, 2.45) is 0 Å². The maximum Gasteiger partial charge on any atom is 0.407 e. The number of carbonyl (C=O) groups excluding carboxylic acids is 2. The van der Waals surface area contributed by atoms with Crippen LogP contribution in [0.1, 0.15) is 40.7 Å². The number of methoxy groups -OCH3 is 2. The number of ether oxygens (including phenoxy) is 6. The summed E-state index contributed by atoms with van der Waals surface area (Å²) in [5, 5.41) is 5.57.